The van der Waals surface area contributed by atoms with Crippen LogP contribution < -0.4 is 10.1 Å². The van der Waals surface area contributed by atoms with E-state index in [2.05, 4.69) is 22.2 Å². The molecule has 0 aliphatic rings. The van der Waals surface area contributed by atoms with Crippen molar-refractivity contribution in [2.45, 2.75) is 33.0 Å². The molecule has 0 heterocycles. The van der Waals surface area contributed by atoms with E-state index in [0.717, 1.165) is 33.0 Å². The summed E-state index contributed by atoms with van der Waals surface area (Å²) >= 11 is 0. The minimum atomic E-state index is -2.86. The third kappa shape index (κ3) is 5.24. The Morgan fingerprint density at radius 2 is 1.79 bits per heavy atom. The first-order valence-electron chi connectivity index (χ1n) is 11.0. The predicted molar refractivity (Wildman–Crippen MR) is 129 cm³/mol. The second-order valence-electron chi connectivity index (χ2n) is 8.25. The molecule has 1 atom stereocenters. The molecule has 4 aromatic rings. The molecule has 0 aromatic heterocycles. The molecule has 0 saturated carbocycles. The predicted octanol–water partition coefficient (Wildman–Crippen LogP) is 6.97. The van der Waals surface area contributed by atoms with Crippen LogP contribution in [-0.4, -0.2) is 17.7 Å². The molecule has 34 heavy (non-hydrogen) atoms. The monoisotopic (exact) mass is 461 g/mol. The number of hydrogen-bond acceptors (Lipinski definition) is 3. The van der Waals surface area contributed by atoms with E-state index < -0.39 is 12.6 Å². The van der Waals surface area contributed by atoms with Gasteiger partial charge in [0.1, 0.15) is 5.75 Å². The normalized spacial score (nSPS) is 12.1. The van der Waals surface area contributed by atoms with Gasteiger partial charge in [-0.05, 0) is 82.8 Å². The third-order valence-corrected chi connectivity index (χ3v) is 5.90. The van der Waals surface area contributed by atoms with Crippen LogP contribution in [-0.2, 0) is 6.54 Å². The minimum absolute atomic E-state index is 0.103. The highest BCUT2D eigenvalue weighted by atomic mass is 19.3. The van der Waals surface area contributed by atoms with E-state index >= 15 is 0 Å². The quantitative estimate of drug-likeness (QED) is 0.298. The van der Waals surface area contributed by atoms with Crippen LogP contribution in [0.2, 0.25) is 0 Å². The summed E-state index contributed by atoms with van der Waals surface area (Å²) < 4.78 is 29.6. The molecule has 4 aromatic carbocycles. The van der Waals surface area contributed by atoms with Gasteiger partial charge in [0.25, 0.3) is 0 Å². The average Bonchev–Trinajstić information content (AvgIpc) is 2.82. The number of hydrogen-bond donors (Lipinski definition) is 2. The molecule has 1 unspecified atom stereocenters. The van der Waals surface area contributed by atoms with Crippen LogP contribution >= 0.6 is 0 Å². The highest BCUT2D eigenvalue weighted by Gasteiger charge is 2.13. The van der Waals surface area contributed by atoms with Gasteiger partial charge in [0.2, 0.25) is 0 Å². The molecule has 0 saturated heterocycles. The number of carboxylic acid groups (broad SMARTS) is 1. The summed E-state index contributed by atoms with van der Waals surface area (Å²) in [6, 6.07) is 24.2. The standard InChI is InChI=1S/C28H25F2NO3/c1-17-10-11-22(15-25(17)27(32)33)26-13-19(12-21-6-3-4-9-24(21)26)16-31-18(2)20-7-5-8-23(14-20)34-28(29)30/h3-15,18,28,31H,16H2,1-2H3,(H,32,33). The number of halogens is 2. The number of nitrogens with one attached hydrogen (secondary N) is 1. The van der Waals surface area contributed by atoms with Gasteiger partial charge < -0.3 is 15.2 Å². The van der Waals surface area contributed by atoms with Gasteiger partial charge in [-0.15, -0.1) is 0 Å². The van der Waals surface area contributed by atoms with Crippen LogP contribution in [0.4, 0.5) is 8.78 Å². The molecule has 6 heteroatoms. The Kier molecular flexibility index (Phi) is 6.89. The molecule has 174 valence electrons. The van der Waals surface area contributed by atoms with Gasteiger partial charge in [0.15, 0.2) is 0 Å². The van der Waals surface area contributed by atoms with Crippen molar-refractivity contribution in [3.63, 3.8) is 0 Å². The fourth-order valence-electron chi connectivity index (χ4n) is 4.08. The Morgan fingerprint density at radius 1 is 1.00 bits per heavy atom. The van der Waals surface area contributed by atoms with Crippen molar-refractivity contribution in [2.24, 2.45) is 0 Å². The summed E-state index contributed by atoms with van der Waals surface area (Å²) in [6.07, 6.45) is 0. The lowest BCUT2D eigenvalue weighted by atomic mass is 9.93. The van der Waals surface area contributed by atoms with Gasteiger partial charge in [0, 0.05) is 12.6 Å². The number of aromatic carboxylic acids is 1. The van der Waals surface area contributed by atoms with E-state index in [1.165, 1.54) is 6.07 Å². The highest BCUT2D eigenvalue weighted by molar-refractivity contribution is 5.99. The van der Waals surface area contributed by atoms with Crippen molar-refractivity contribution < 1.29 is 23.4 Å². The molecule has 0 bridgehead atoms. The third-order valence-electron chi connectivity index (χ3n) is 5.90. The molecule has 4 nitrogen and oxygen atoms in total. The first kappa shape index (κ1) is 23.4. The van der Waals surface area contributed by atoms with Crippen molar-refractivity contribution in [1.29, 1.82) is 0 Å². The number of benzene rings is 4. The zero-order valence-corrected chi connectivity index (χ0v) is 18.9. The average molecular weight is 462 g/mol. The van der Waals surface area contributed by atoms with E-state index in [9.17, 15) is 18.7 Å². The maximum Gasteiger partial charge on any atom is 0.387 e. The maximum absolute atomic E-state index is 12.5. The van der Waals surface area contributed by atoms with Crippen LogP contribution in [0.15, 0.2) is 78.9 Å². The van der Waals surface area contributed by atoms with Gasteiger partial charge in [0.05, 0.1) is 5.56 Å². The smallest absolute Gasteiger partial charge is 0.387 e. The van der Waals surface area contributed by atoms with E-state index in [-0.39, 0.29) is 17.4 Å². The lowest BCUT2D eigenvalue weighted by Gasteiger charge is -2.17. The summed E-state index contributed by atoms with van der Waals surface area (Å²) in [5, 5.41) is 15.1. The topological polar surface area (TPSA) is 58.6 Å². The second kappa shape index (κ2) is 10.0. The van der Waals surface area contributed by atoms with E-state index in [1.807, 2.05) is 49.4 Å². The molecule has 4 rings (SSSR count). The van der Waals surface area contributed by atoms with Crippen LogP contribution in [0, 0.1) is 6.92 Å². The lowest BCUT2D eigenvalue weighted by molar-refractivity contribution is -0.0499. The summed E-state index contributed by atoms with van der Waals surface area (Å²) in [4.78, 5) is 11.7. The van der Waals surface area contributed by atoms with Gasteiger partial charge >= 0.3 is 12.6 Å². The Hall–Kier alpha value is -3.77. The van der Waals surface area contributed by atoms with Crippen molar-refractivity contribution in [3.8, 4) is 16.9 Å². The first-order valence-corrected chi connectivity index (χ1v) is 11.0. The number of alkyl halides is 2. The maximum atomic E-state index is 12.5. The van der Waals surface area contributed by atoms with Gasteiger partial charge in [-0.3, -0.25) is 0 Å². The molecule has 0 spiro atoms. The Morgan fingerprint density at radius 3 is 2.56 bits per heavy atom. The van der Waals surface area contributed by atoms with Crippen LogP contribution in [0.25, 0.3) is 21.9 Å². The van der Waals surface area contributed by atoms with E-state index in [4.69, 9.17) is 0 Å². The van der Waals surface area contributed by atoms with Gasteiger partial charge in [-0.2, -0.15) is 8.78 Å². The van der Waals surface area contributed by atoms with Crippen molar-refractivity contribution >= 4 is 16.7 Å². The first-order chi connectivity index (χ1) is 16.3. The Bertz CT molecular complexity index is 1340. The summed E-state index contributed by atoms with van der Waals surface area (Å²) in [5.41, 5.74) is 4.65. The van der Waals surface area contributed by atoms with E-state index in [0.29, 0.717) is 12.1 Å². The molecule has 0 aliphatic heterocycles. The van der Waals surface area contributed by atoms with E-state index in [1.54, 1.807) is 25.1 Å². The fourth-order valence-corrected chi connectivity index (χ4v) is 4.08. The zero-order valence-electron chi connectivity index (χ0n) is 18.9. The second-order valence-corrected chi connectivity index (χ2v) is 8.25. The van der Waals surface area contributed by atoms with Crippen molar-refractivity contribution in [1.82, 2.24) is 5.32 Å². The summed E-state index contributed by atoms with van der Waals surface area (Å²) in [7, 11) is 0. The minimum Gasteiger partial charge on any atom is -0.478 e. The number of ether oxygens (including phenoxy) is 1. The van der Waals surface area contributed by atoms with Crippen LogP contribution in [0.1, 0.15) is 40.0 Å². The number of aryl methyl sites for hydroxylation is 1. The molecular formula is C28H25F2NO3. The fraction of sp³-hybridized carbons (Fsp3) is 0.179. The van der Waals surface area contributed by atoms with Crippen molar-refractivity contribution in [3.05, 3.63) is 101 Å². The summed E-state index contributed by atoms with van der Waals surface area (Å²) in [6.45, 7) is 1.42. The molecule has 0 fully saturated rings. The number of rotatable bonds is 8. The van der Waals surface area contributed by atoms with Crippen LogP contribution in [0.3, 0.4) is 0 Å². The van der Waals surface area contributed by atoms with Crippen LogP contribution in [0.5, 0.6) is 5.75 Å². The number of carbonyl (C=O) groups is 1. The molecule has 0 radical (unpaired) electrons. The lowest BCUT2D eigenvalue weighted by Crippen LogP contribution is -2.18. The molecule has 0 aliphatic carbocycles. The highest BCUT2D eigenvalue weighted by Crippen LogP contribution is 2.32. The molecule has 2 N–H and O–H groups in total. The van der Waals surface area contributed by atoms with Crippen molar-refractivity contribution in [2.75, 3.05) is 0 Å². The van der Waals surface area contributed by atoms with Gasteiger partial charge in [-0.1, -0.05) is 48.5 Å². The largest absolute Gasteiger partial charge is 0.478 e. The molecule has 0 amide bonds. The number of fused-ring (bicyclic) bond motifs is 1. The number of carboxylic acids is 1. The van der Waals surface area contributed by atoms with Gasteiger partial charge in [-0.25, -0.2) is 4.79 Å². The SMILES string of the molecule is Cc1ccc(-c2cc(CNC(C)c3cccc(OC(F)F)c3)cc3ccccc23)cc1C(=O)O. The summed E-state index contributed by atoms with van der Waals surface area (Å²) in [5.74, 6) is -0.823. The molecular weight excluding hydrogens is 436 g/mol. The Labute approximate surface area is 196 Å². The Balaban J connectivity index is 1.63. The zero-order chi connectivity index (χ0) is 24.2.